The van der Waals surface area contributed by atoms with Crippen molar-refractivity contribution in [3.8, 4) is 11.5 Å². The lowest BCUT2D eigenvalue weighted by Crippen LogP contribution is -2.25. The molecule has 2 heterocycles. The number of pyridine rings is 1. The Morgan fingerprint density at radius 1 is 1.28 bits per heavy atom. The number of carbonyl (C=O) groups is 1. The smallest absolute Gasteiger partial charge is 0.307 e. The average Bonchev–Trinajstić information content (AvgIpc) is 3.17. The summed E-state index contributed by atoms with van der Waals surface area (Å²) in [6.07, 6.45) is 13.6. The Hall–Kier alpha value is -2.24. The highest BCUT2D eigenvalue weighted by atomic mass is 16.6. The van der Waals surface area contributed by atoms with Gasteiger partial charge in [-0.3, -0.25) is 9.78 Å². The number of ether oxygens (including phenoxy) is 1. The molecular weight excluding hydrogens is 366 g/mol. The van der Waals surface area contributed by atoms with E-state index in [0.717, 1.165) is 24.3 Å². The molecule has 0 saturated heterocycles. The lowest BCUT2D eigenvalue weighted by atomic mass is 9.84. The van der Waals surface area contributed by atoms with Gasteiger partial charge in [-0.25, -0.2) is 0 Å². The molecule has 1 fully saturated rings. The first-order valence-electron chi connectivity index (χ1n) is 10.9. The highest BCUT2D eigenvalue weighted by Gasteiger charge is 2.26. The zero-order chi connectivity index (χ0) is 20.7. The monoisotopic (exact) mass is 399 g/mol. The van der Waals surface area contributed by atoms with Crippen LogP contribution >= 0.6 is 0 Å². The fourth-order valence-corrected chi connectivity index (χ4v) is 4.04. The number of rotatable bonds is 8. The molecule has 6 nitrogen and oxygen atoms in total. The Kier molecular flexibility index (Phi) is 7.40. The van der Waals surface area contributed by atoms with Crippen molar-refractivity contribution in [3.05, 3.63) is 30.4 Å². The zero-order valence-corrected chi connectivity index (χ0v) is 17.9. The van der Waals surface area contributed by atoms with Crippen LogP contribution in [-0.2, 0) is 9.53 Å². The fourth-order valence-electron chi connectivity index (χ4n) is 4.04. The van der Waals surface area contributed by atoms with Gasteiger partial charge in [0.2, 0.25) is 0 Å². The number of hydrogen-bond donors (Lipinski definition) is 0. The summed E-state index contributed by atoms with van der Waals surface area (Å²) in [5, 5.41) is 4.19. The number of hydrogen-bond acceptors (Lipinski definition) is 6. The molecule has 6 heteroatoms. The van der Waals surface area contributed by atoms with Gasteiger partial charge in [-0.15, -0.1) is 0 Å². The second-order valence-electron chi connectivity index (χ2n) is 9.12. The van der Waals surface area contributed by atoms with Gasteiger partial charge in [-0.2, -0.15) is 4.98 Å². The molecule has 1 aliphatic rings. The minimum atomic E-state index is -0.498. The Morgan fingerprint density at radius 3 is 2.76 bits per heavy atom. The van der Waals surface area contributed by atoms with Crippen LogP contribution < -0.4 is 0 Å². The molecule has 0 spiro atoms. The van der Waals surface area contributed by atoms with Crippen molar-refractivity contribution in [1.82, 2.24) is 15.1 Å². The van der Waals surface area contributed by atoms with Gasteiger partial charge in [0.15, 0.2) is 5.82 Å². The molecular formula is C23H33N3O3. The minimum Gasteiger partial charge on any atom is -0.460 e. The Balaban J connectivity index is 1.66. The highest BCUT2D eigenvalue weighted by molar-refractivity contribution is 5.70. The Bertz CT molecular complexity index is 761. The molecule has 0 radical (unpaired) electrons. The molecule has 0 unspecified atom stereocenters. The van der Waals surface area contributed by atoms with Crippen molar-refractivity contribution in [3.63, 3.8) is 0 Å². The van der Waals surface area contributed by atoms with Crippen LogP contribution in [0.5, 0.6) is 0 Å². The molecule has 0 bridgehead atoms. The Labute approximate surface area is 173 Å². The van der Waals surface area contributed by atoms with Gasteiger partial charge in [0, 0.05) is 18.3 Å². The van der Waals surface area contributed by atoms with Gasteiger partial charge in [0.25, 0.3) is 5.89 Å². The summed E-state index contributed by atoms with van der Waals surface area (Å²) in [6, 6.07) is 3.72. The molecule has 0 aromatic carbocycles. The summed E-state index contributed by atoms with van der Waals surface area (Å²) in [5.41, 5.74) is 0.284. The van der Waals surface area contributed by atoms with Crippen LogP contribution in [0.1, 0.15) is 90.3 Å². The predicted octanol–water partition coefficient (Wildman–Crippen LogP) is 5.70. The largest absolute Gasteiger partial charge is 0.460 e. The molecule has 29 heavy (non-hydrogen) atoms. The molecule has 1 saturated carbocycles. The van der Waals surface area contributed by atoms with Gasteiger partial charge in [0.05, 0.1) is 12.0 Å². The van der Waals surface area contributed by atoms with E-state index >= 15 is 0 Å². The normalized spacial score (nSPS) is 16.5. The maximum atomic E-state index is 12.5. The third-order valence-electron chi connectivity index (χ3n) is 5.44. The molecule has 2 aromatic heterocycles. The lowest BCUT2D eigenvalue weighted by Gasteiger charge is -2.23. The van der Waals surface area contributed by atoms with E-state index in [1.165, 1.54) is 38.5 Å². The maximum Gasteiger partial charge on any atom is 0.307 e. The van der Waals surface area contributed by atoms with Crippen molar-refractivity contribution in [2.75, 3.05) is 0 Å². The number of aromatic nitrogens is 3. The van der Waals surface area contributed by atoms with E-state index in [1.54, 1.807) is 12.4 Å². The number of esters is 1. The van der Waals surface area contributed by atoms with Crippen molar-refractivity contribution in [2.24, 2.45) is 5.92 Å². The van der Waals surface area contributed by atoms with Crippen LogP contribution in [0.2, 0.25) is 0 Å². The third kappa shape index (κ3) is 6.94. The van der Waals surface area contributed by atoms with Crippen LogP contribution in [0, 0.1) is 5.92 Å². The number of nitrogens with zero attached hydrogens (tertiary/aromatic N) is 3. The predicted molar refractivity (Wildman–Crippen MR) is 111 cm³/mol. The Morgan fingerprint density at radius 2 is 2.07 bits per heavy atom. The fraction of sp³-hybridized carbons (Fsp3) is 0.652. The van der Waals surface area contributed by atoms with Gasteiger partial charge in [-0.05, 0) is 45.2 Å². The van der Waals surface area contributed by atoms with E-state index < -0.39 is 5.60 Å². The molecule has 0 N–H and O–H groups in total. The third-order valence-corrected chi connectivity index (χ3v) is 5.44. The first-order chi connectivity index (χ1) is 13.9. The molecule has 1 aliphatic carbocycles. The zero-order valence-electron chi connectivity index (χ0n) is 17.9. The lowest BCUT2D eigenvalue weighted by molar-refractivity contribution is -0.155. The minimum absolute atomic E-state index is 0.0948. The molecule has 0 amide bonds. The SMILES string of the molecule is CC(C)(C)OC(=O)C[C@@H](CCCC1CCCCC1)c1noc(-c2cccnc2)n1. The second-order valence-corrected chi connectivity index (χ2v) is 9.12. The van der Waals surface area contributed by atoms with E-state index in [1.807, 2.05) is 32.9 Å². The van der Waals surface area contributed by atoms with Crippen LogP contribution in [-0.4, -0.2) is 26.7 Å². The summed E-state index contributed by atoms with van der Waals surface area (Å²) < 4.78 is 11.0. The van der Waals surface area contributed by atoms with Crippen LogP contribution in [0.25, 0.3) is 11.5 Å². The molecule has 1 atom stereocenters. The summed E-state index contributed by atoms with van der Waals surface area (Å²) in [5.74, 6) is 1.53. The van der Waals surface area contributed by atoms with E-state index in [2.05, 4.69) is 15.1 Å². The molecule has 158 valence electrons. The van der Waals surface area contributed by atoms with Crippen LogP contribution in [0.15, 0.2) is 29.0 Å². The van der Waals surface area contributed by atoms with E-state index in [9.17, 15) is 4.79 Å². The summed E-state index contributed by atoms with van der Waals surface area (Å²) in [4.78, 5) is 21.1. The van der Waals surface area contributed by atoms with Gasteiger partial charge in [-0.1, -0.05) is 50.1 Å². The highest BCUT2D eigenvalue weighted by Crippen LogP contribution is 2.31. The van der Waals surface area contributed by atoms with Crippen molar-refractivity contribution >= 4 is 5.97 Å². The van der Waals surface area contributed by atoms with Crippen LogP contribution in [0.3, 0.4) is 0 Å². The number of carbonyl (C=O) groups excluding carboxylic acids is 1. The van der Waals surface area contributed by atoms with Crippen LogP contribution in [0.4, 0.5) is 0 Å². The van der Waals surface area contributed by atoms with E-state index in [0.29, 0.717) is 11.7 Å². The van der Waals surface area contributed by atoms with Crippen molar-refractivity contribution in [2.45, 2.75) is 90.1 Å². The summed E-state index contributed by atoms with van der Waals surface area (Å²) >= 11 is 0. The van der Waals surface area contributed by atoms with E-state index in [4.69, 9.17) is 9.26 Å². The van der Waals surface area contributed by atoms with E-state index in [-0.39, 0.29) is 18.3 Å². The van der Waals surface area contributed by atoms with Gasteiger partial charge >= 0.3 is 5.97 Å². The summed E-state index contributed by atoms with van der Waals surface area (Å²) in [7, 11) is 0. The van der Waals surface area contributed by atoms with Gasteiger partial charge < -0.3 is 9.26 Å². The summed E-state index contributed by atoms with van der Waals surface area (Å²) in [6.45, 7) is 5.66. The molecule has 0 aliphatic heterocycles. The standard InChI is InChI=1S/C23H33N3O3/c1-23(2,3)28-20(27)15-18(12-7-11-17-9-5-4-6-10-17)21-25-22(29-26-21)19-13-8-14-24-16-19/h8,13-14,16-18H,4-7,9-12,15H2,1-3H3/t18-/m1/s1. The topological polar surface area (TPSA) is 78.1 Å². The first kappa shape index (κ1) is 21.5. The quantitative estimate of drug-likeness (QED) is 0.530. The molecule has 2 aromatic rings. The molecule has 3 rings (SSSR count). The first-order valence-corrected chi connectivity index (χ1v) is 10.9. The maximum absolute atomic E-state index is 12.5. The van der Waals surface area contributed by atoms with Gasteiger partial charge in [0.1, 0.15) is 5.60 Å². The average molecular weight is 400 g/mol. The van der Waals surface area contributed by atoms with Crippen molar-refractivity contribution in [1.29, 1.82) is 0 Å². The van der Waals surface area contributed by atoms with Crippen molar-refractivity contribution < 1.29 is 14.1 Å². The second kappa shape index (κ2) is 9.99.